The van der Waals surface area contributed by atoms with Crippen LogP contribution in [0.25, 0.3) is 11.5 Å². The van der Waals surface area contributed by atoms with Crippen LogP contribution in [0.2, 0.25) is 0 Å². The molecule has 0 spiro atoms. The molecule has 1 aromatic carbocycles. The highest BCUT2D eigenvalue weighted by Gasteiger charge is 2.38. The first-order valence-electron chi connectivity index (χ1n) is 6.64. The Hall–Kier alpha value is -2.25. The second-order valence-electron chi connectivity index (χ2n) is 5.19. The number of aromatic nitrogens is 2. The van der Waals surface area contributed by atoms with Crippen molar-refractivity contribution in [3.8, 4) is 11.5 Å². The van der Waals surface area contributed by atoms with Crippen LogP contribution in [0.15, 0.2) is 29.0 Å². The van der Waals surface area contributed by atoms with E-state index in [9.17, 15) is 4.79 Å². The lowest BCUT2D eigenvalue weighted by Crippen LogP contribution is -2.51. The van der Waals surface area contributed by atoms with E-state index < -0.39 is 5.54 Å². The Balaban J connectivity index is 1.79. The van der Waals surface area contributed by atoms with Gasteiger partial charge < -0.3 is 20.2 Å². The number of hydrogen-bond donors (Lipinski definition) is 2. The zero-order valence-electron chi connectivity index (χ0n) is 11.6. The van der Waals surface area contributed by atoms with Crippen molar-refractivity contribution in [1.82, 2.24) is 10.2 Å². The fourth-order valence-electron chi connectivity index (χ4n) is 2.24. The Morgan fingerprint density at radius 3 is 2.95 bits per heavy atom. The van der Waals surface area contributed by atoms with Crippen LogP contribution >= 0.6 is 0 Å². The molecular formula is C14H16N4O3. The second-order valence-corrected chi connectivity index (χ2v) is 5.19. The van der Waals surface area contributed by atoms with Crippen molar-refractivity contribution in [2.24, 2.45) is 5.73 Å². The maximum Gasteiger partial charge on any atom is 0.247 e. The van der Waals surface area contributed by atoms with Crippen LogP contribution in [0.1, 0.15) is 12.0 Å². The Kier molecular flexibility index (Phi) is 3.44. The van der Waals surface area contributed by atoms with Gasteiger partial charge in [-0.15, -0.1) is 10.2 Å². The summed E-state index contributed by atoms with van der Waals surface area (Å²) in [7, 11) is 0. The molecule has 1 amide bonds. The molecule has 1 fully saturated rings. The topological polar surface area (TPSA) is 103 Å². The number of benzene rings is 1. The SMILES string of the molecule is Cc1cc(-c2nnco2)ccc1NC(=O)C1(N)CCOC1. The van der Waals surface area contributed by atoms with Crippen LogP contribution in [0.3, 0.4) is 0 Å². The molecule has 0 bridgehead atoms. The molecule has 7 nitrogen and oxygen atoms in total. The number of anilines is 1. The van der Waals surface area contributed by atoms with Gasteiger partial charge in [0.1, 0.15) is 5.54 Å². The first-order chi connectivity index (χ1) is 10.1. The molecule has 7 heteroatoms. The van der Waals surface area contributed by atoms with Crippen LogP contribution in [0, 0.1) is 6.92 Å². The van der Waals surface area contributed by atoms with E-state index in [1.54, 1.807) is 6.07 Å². The molecule has 21 heavy (non-hydrogen) atoms. The van der Waals surface area contributed by atoms with Crippen LogP contribution in [-0.2, 0) is 9.53 Å². The van der Waals surface area contributed by atoms with Crippen LogP contribution < -0.4 is 11.1 Å². The van der Waals surface area contributed by atoms with E-state index >= 15 is 0 Å². The summed E-state index contributed by atoms with van der Waals surface area (Å²) in [6.07, 6.45) is 1.80. The Labute approximate surface area is 121 Å². The summed E-state index contributed by atoms with van der Waals surface area (Å²) in [6.45, 7) is 2.65. The normalized spacial score (nSPS) is 21.4. The predicted octanol–water partition coefficient (Wildman–Crippen LogP) is 1.10. The maximum atomic E-state index is 12.2. The van der Waals surface area contributed by atoms with Gasteiger partial charge >= 0.3 is 0 Å². The summed E-state index contributed by atoms with van der Waals surface area (Å²) in [4.78, 5) is 12.2. The molecular weight excluding hydrogens is 272 g/mol. The van der Waals surface area contributed by atoms with E-state index in [1.807, 2.05) is 19.1 Å². The fraction of sp³-hybridized carbons (Fsp3) is 0.357. The number of carbonyl (C=O) groups excluding carboxylic acids is 1. The second kappa shape index (κ2) is 5.27. The number of aryl methyl sites for hydroxylation is 1. The van der Waals surface area contributed by atoms with Crippen molar-refractivity contribution in [1.29, 1.82) is 0 Å². The molecule has 0 saturated carbocycles. The first kappa shape index (κ1) is 13.7. The number of carbonyl (C=O) groups is 1. The number of ether oxygens (including phenoxy) is 1. The molecule has 2 heterocycles. The standard InChI is InChI=1S/C14H16N4O3/c1-9-6-10(12-18-16-8-21-12)2-3-11(9)17-13(19)14(15)4-5-20-7-14/h2-3,6,8H,4-5,7,15H2,1H3,(H,17,19). The molecule has 3 rings (SSSR count). The van der Waals surface area contributed by atoms with Crippen LogP contribution in [0.5, 0.6) is 0 Å². The molecule has 1 unspecified atom stereocenters. The maximum absolute atomic E-state index is 12.2. The van der Waals surface area contributed by atoms with Gasteiger partial charge in [-0.05, 0) is 37.1 Å². The minimum atomic E-state index is -0.947. The van der Waals surface area contributed by atoms with Crippen molar-refractivity contribution < 1.29 is 13.9 Å². The van der Waals surface area contributed by atoms with E-state index in [4.69, 9.17) is 14.9 Å². The van der Waals surface area contributed by atoms with Crippen molar-refractivity contribution in [2.45, 2.75) is 18.9 Å². The highest BCUT2D eigenvalue weighted by molar-refractivity contribution is 5.99. The number of amides is 1. The summed E-state index contributed by atoms with van der Waals surface area (Å²) in [6, 6.07) is 5.48. The largest absolute Gasteiger partial charge is 0.423 e. The van der Waals surface area contributed by atoms with E-state index in [2.05, 4.69) is 15.5 Å². The predicted molar refractivity (Wildman–Crippen MR) is 75.5 cm³/mol. The van der Waals surface area contributed by atoms with E-state index in [1.165, 1.54) is 6.39 Å². The summed E-state index contributed by atoms with van der Waals surface area (Å²) in [5, 5.41) is 10.3. The molecule has 1 aliphatic heterocycles. The summed E-state index contributed by atoms with van der Waals surface area (Å²) in [5.41, 5.74) is 7.49. The number of hydrogen-bond acceptors (Lipinski definition) is 6. The van der Waals surface area contributed by atoms with Gasteiger partial charge in [-0.25, -0.2) is 0 Å². The van der Waals surface area contributed by atoms with E-state index in [-0.39, 0.29) is 12.5 Å². The van der Waals surface area contributed by atoms with E-state index in [0.29, 0.717) is 24.6 Å². The third kappa shape index (κ3) is 2.65. The minimum absolute atomic E-state index is 0.228. The van der Waals surface area contributed by atoms with Crippen LogP contribution in [0.4, 0.5) is 5.69 Å². The average molecular weight is 288 g/mol. The number of nitrogens with zero attached hydrogens (tertiary/aromatic N) is 2. The zero-order valence-corrected chi connectivity index (χ0v) is 11.6. The van der Waals surface area contributed by atoms with Gasteiger partial charge in [-0.2, -0.15) is 0 Å². The fourth-order valence-corrected chi connectivity index (χ4v) is 2.24. The van der Waals surface area contributed by atoms with E-state index in [0.717, 1.165) is 11.1 Å². The lowest BCUT2D eigenvalue weighted by molar-refractivity contribution is -0.121. The van der Waals surface area contributed by atoms with Gasteiger partial charge in [0.15, 0.2) is 0 Å². The van der Waals surface area contributed by atoms with Crippen molar-refractivity contribution in [3.05, 3.63) is 30.2 Å². The summed E-state index contributed by atoms with van der Waals surface area (Å²) >= 11 is 0. The lowest BCUT2D eigenvalue weighted by Gasteiger charge is -2.21. The minimum Gasteiger partial charge on any atom is -0.423 e. The Bertz CT molecular complexity index is 648. The van der Waals surface area contributed by atoms with Gasteiger partial charge in [0.05, 0.1) is 6.61 Å². The summed E-state index contributed by atoms with van der Waals surface area (Å²) < 4.78 is 10.4. The highest BCUT2D eigenvalue weighted by atomic mass is 16.5. The van der Waals surface area contributed by atoms with Crippen LogP contribution in [-0.4, -0.2) is 34.9 Å². The van der Waals surface area contributed by atoms with Gasteiger partial charge in [0.2, 0.25) is 18.2 Å². The monoisotopic (exact) mass is 288 g/mol. The summed E-state index contributed by atoms with van der Waals surface area (Å²) in [5.74, 6) is 0.212. The third-order valence-electron chi connectivity index (χ3n) is 3.59. The third-order valence-corrected chi connectivity index (χ3v) is 3.59. The van der Waals surface area contributed by atoms with Gasteiger partial charge in [-0.1, -0.05) is 0 Å². The van der Waals surface area contributed by atoms with Crippen molar-refractivity contribution >= 4 is 11.6 Å². The zero-order chi connectivity index (χ0) is 14.9. The average Bonchev–Trinajstić information content (AvgIpc) is 3.13. The lowest BCUT2D eigenvalue weighted by atomic mass is 9.99. The number of rotatable bonds is 3. The van der Waals surface area contributed by atoms with Gasteiger partial charge in [-0.3, -0.25) is 4.79 Å². The van der Waals surface area contributed by atoms with Gasteiger partial charge in [0, 0.05) is 17.9 Å². The smallest absolute Gasteiger partial charge is 0.247 e. The Morgan fingerprint density at radius 1 is 1.48 bits per heavy atom. The molecule has 0 aliphatic carbocycles. The first-order valence-corrected chi connectivity index (χ1v) is 6.64. The number of nitrogens with two attached hydrogens (primary N) is 1. The molecule has 2 aromatic rings. The Morgan fingerprint density at radius 2 is 2.33 bits per heavy atom. The molecule has 1 atom stereocenters. The molecule has 1 saturated heterocycles. The highest BCUT2D eigenvalue weighted by Crippen LogP contribution is 2.25. The molecule has 0 radical (unpaired) electrons. The molecule has 1 aliphatic rings. The molecule has 1 aromatic heterocycles. The van der Waals surface area contributed by atoms with Gasteiger partial charge in [0.25, 0.3) is 0 Å². The number of nitrogens with one attached hydrogen (secondary N) is 1. The molecule has 3 N–H and O–H groups in total. The quantitative estimate of drug-likeness (QED) is 0.876. The van der Waals surface area contributed by atoms with Crippen molar-refractivity contribution in [2.75, 3.05) is 18.5 Å². The molecule has 110 valence electrons. The van der Waals surface area contributed by atoms with Crippen molar-refractivity contribution in [3.63, 3.8) is 0 Å².